The first kappa shape index (κ1) is 14.3. The van der Waals surface area contributed by atoms with Crippen LogP contribution in [0.3, 0.4) is 0 Å². The lowest BCUT2D eigenvalue weighted by molar-refractivity contribution is 0.241. The van der Waals surface area contributed by atoms with Gasteiger partial charge in [-0.25, -0.2) is 4.98 Å². The summed E-state index contributed by atoms with van der Waals surface area (Å²) >= 11 is 3.53. The first-order chi connectivity index (χ1) is 7.88. The van der Waals surface area contributed by atoms with Crippen molar-refractivity contribution in [1.82, 2.24) is 4.98 Å². The van der Waals surface area contributed by atoms with E-state index in [0.717, 1.165) is 16.9 Å². The standard InChI is InChI=1S/C13H21BrN2O/c1-10(2)17-11-7-6-8-15-12(11)16(5)13(3,4)9-14/h6-8,10H,9H2,1-5H3. The molecule has 4 heteroatoms. The molecule has 1 aromatic rings. The predicted molar refractivity (Wildman–Crippen MR) is 76.3 cm³/mol. The van der Waals surface area contributed by atoms with Crippen molar-refractivity contribution in [3.05, 3.63) is 18.3 Å². The highest BCUT2D eigenvalue weighted by molar-refractivity contribution is 9.09. The Morgan fingerprint density at radius 2 is 2.12 bits per heavy atom. The Kier molecular flexibility index (Phi) is 4.80. The summed E-state index contributed by atoms with van der Waals surface area (Å²) in [6.45, 7) is 8.37. The second kappa shape index (κ2) is 5.71. The highest BCUT2D eigenvalue weighted by Gasteiger charge is 2.25. The molecule has 1 aromatic heterocycles. The monoisotopic (exact) mass is 300 g/mol. The average molecular weight is 301 g/mol. The van der Waals surface area contributed by atoms with Gasteiger partial charge in [0.2, 0.25) is 0 Å². The molecule has 1 heterocycles. The summed E-state index contributed by atoms with van der Waals surface area (Å²) in [5.41, 5.74) is -0.0105. The van der Waals surface area contributed by atoms with Crippen molar-refractivity contribution in [2.45, 2.75) is 39.3 Å². The molecule has 0 bridgehead atoms. The molecule has 17 heavy (non-hydrogen) atoms. The molecule has 0 saturated carbocycles. The predicted octanol–water partition coefficient (Wildman–Crippen LogP) is 3.48. The number of rotatable bonds is 5. The van der Waals surface area contributed by atoms with Gasteiger partial charge >= 0.3 is 0 Å². The largest absolute Gasteiger partial charge is 0.487 e. The van der Waals surface area contributed by atoms with Crippen molar-refractivity contribution >= 4 is 21.7 Å². The third-order valence-electron chi connectivity index (χ3n) is 2.67. The maximum Gasteiger partial charge on any atom is 0.171 e. The van der Waals surface area contributed by atoms with E-state index in [1.807, 2.05) is 33.0 Å². The van der Waals surface area contributed by atoms with Gasteiger partial charge in [-0.3, -0.25) is 0 Å². The van der Waals surface area contributed by atoms with Gasteiger partial charge in [0.15, 0.2) is 11.6 Å². The van der Waals surface area contributed by atoms with Crippen LogP contribution in [0, 0.1) is 0 Å². The fraction of sp³-hybridized carbons (Fsp3) is 0.615. The van der Waals surface area contributed by atoms with Crippen LogP contribution in [0.4, 0.5) is 5.82 Å². The Morgan fingerprint density at radius 3 is 2.65 bits per heavy atom. The van der Waals surface area contributed by atoms with Crippen molar-refractivity contribution < 1.29 is 4.74 Å². The van der Waals surface area contributed by atoms with E-state index in [9.17, 15) is 0 Å². The van der Waals surface area contributed by atoms with Crippen molar-refractivity contribution in [2.24, 2.45) is 0 Å². The summed E-state index contributed by atoms with van der Waals surface area (Å²) in [6, 6.07) is 3.86. The first-order valence-corrected chi connectivity index (χ1v) is 6.92. The van der Waals surface area contributed by atoms with Crippen molar-refractivity contribution in [2.75, 3.05) is 17.3 Å². The Balaban J connectivity index is 3.04. The van der Waals surface area contributed by atoms with E-state index in [0.29, 0.717) is 0 Å². The van der Waals surface area contributed by atoms with E-state index in [-0.39, 0.29) is 11.6 Å². The van der Waals surface area contributed by atoms with Gasteiger partial charge in [-0.2, -0.15) is 0 Å². The van der Waals surface area contributed by atoms with Gasteiger partial charge in [0.1, 0.15) is 0 Å². The fourth-order valence-electron chi connectivity index (χ4n) is 1.36. The van der Waals surface area contributed by atoms with E-state index in [1.54, 1.807) is 6.20 Å². The normalized spacial score (nSPS) is 11.7. The van der Waals surface area contributed by atoms with Crippen LogP contribution in [0.1, 0.15) is 27.7 Å². The number of hydrogen-bond acceptors (Lipinski definition) is 3. The van der Waals surface area contributed by atoms with E-state index >= 15 is 0 Å². The molecule has 96 valence electrons. The quantitative estimate of drug-likeness (QED) is 0.779. The third kappa shape index (κ3) is 3.60. The van der Waals surface area contributed by atoms with Crippen molar-refractivity contribution in [3.63, 3.8) is 0 Å². The molecule has 0 atom stereocenters. The number of hydrogen-bond donors (Lipinski definition) is 0. The summed E-state index contributed by atoms with van der Waals surface area (Å²) in [5, 5.41) is 0.869. The number of halogens is 1. The maximum absolute atomic E-state index is 5.79. The summed E-state index contributed by atoms with van der Waals surface area (Å²) in [4.78, 5) is 6.56. The summed E-state index contributed by atoms with van der Waals surface area (Å²) < 4.78 is 5.79. The molecule has 0 spiro atoms. The Morgan fingerprint density at radius 1 is 1.47 bits per heavy atom. The molecule has 0 N–H and O–H groups in total. The van der Waals surface area contributed by atoms with Crippen LogP contribution in [0.2, 0.25) is 0 Å². The van der Waals surface area contributed by atoms with Gasteiger partial charge < -0.3 is 9.64 Å². The molecule has 0 radical (unpaired) electrons. The second-order valence-electron chi connectivity index (χ2n) is 5.00. The van der Waals surface area contributed by atoms with Crippen LogP contribution in [-0.4, -0.2) is 29.0 Å². The highest BCUT2D eigenvalue weighted by Crippen LogP contribution is 2.30. The molecular weight excluding hydrogens is 280 g/mol. The van der Waals surface area contributed by atoms with Gasteiger partial charge in [-0.1, -0.05) is 15.9 Å². The number of anilines is 1. The lowest BCUT2D eigenvalue weighted by atomic mass is 10.1. The van der Waals surface area contributed by atoms with Crippen LogP contribution < -0.4 is 9.64 Å². The minimum absolute atomic E-state index is 0.0105. The van der Waals surface area contributed by atoms with Crippen LogP contribution in [0.25, 0.3) is 0 Å². The second-order valence-corrected chi connectivity index (χ2v) is 5.56. The SMILES string of the molecule is CC(C)Oc1cccnc1N(C)C(C)(C)CBr. The molecular formula is C13H21BrN2O. The maximum atomic E-state index is 5.79. The number of alkyl halides is 1. The molecule has 0 aliphatic heterocycles. The molecule has 1 rings (SSSR count). The minimum atomic E-state index is -0.0105. The van der Waals surface area contributed by atoms with Crippen LogP contribution >= 0.6 is 15.9 Å². The Bertz CT molecular complexity index is 366. The van der Waals surface area contributed by atoms with Crippen LogP contribution in [0.15, 0.2) is 18.3 Å². The Hall–Kier alpha value is -0.770. The molecule has 3 nitrogen and oxygen atoms in total. The molecule has 0 aliphatic rings. The van der Waals surface area contributed by atoms with Gasteiger partial charge in [-0.15, -0.1) is 0 Å². The van der Waals surface area contributed by atoms with E-state index in [2.05, 4.69) is 39.7 Å². The summed E-state index contributed by atoms with van der Waals surface area (Å²) in [7, 11) is 2.04. The van der Waals surface area contributed by atoms with E-state index < -0.39 is 0 Å². The molecule has 0 amide bonds. The summed E-state index contributed by atoms with van der Waals surface area (Å²) in [6.07, 6.45) is 1.95. The van der Waals surface area contributed by atoms with Crippen LogP contribution in [-0.2, 0) is 0 Å². The minimum Gasteiger partial charge on any atom is -0.487 e. The van der Waals surface area contributed by atoms with Gasteiger partial charge in [0.25, 0.3) is 0 Å². The molecule has 0 unspecified atom stereocenters. The molecule has 0 saturated heterocycles. The number of nitrogens with zero attached hydrogens (tertiary/aromatic N) is 2. The van der Waals surface area contributed by atoms with E-state index in [4.69, 9.17) is 4.74 Å². The van der Waals surface area contributed by atoms with Crippen LogP contribution in [0.5, 0.6) is 5.75 Å². The molecule has 0 fully saturated rings. The fourth-order valence-corrected chi connectivity index (χ4v) is 1.73. The lowest BCUT2D eigenvalue weighted by Gasteiger charge is -2.36. The zero-order chi connectivity index (χ0) is 13.1. The van der Waals surface area contributed by atoms with E-state index in [1.165, 1.54) is 0 Å². The topological polar surface area (TPSA) is 25.4 Å². The highest BCUT2D eigenvalue weighted by atomic mass is 79.9. The number of ether oxygens (including phenoxy) is 1. The van der Waals surface area contributed by atoms with Gasteiger partial charge in [-0.05, 0) is 39.8 Å². The van der Waals surface area contributed by atoms with Crippen molar-refractivity contribution in [1.29, 1.82) is 0 Å². The zero-order valence-electron chi connectivity index (χ0n) is 11.2. The Labute approximate surface area is 112 Å². The lowest BCUT2D eigenvalue weighted by Crippen LogP contribution is -2.43. The first-order valence-electron chi connectivity index (χ1n) is 5.80. The van der Waals surface area contributed by atoms with Crippen molar-refractivity contribution in [3.8, 4) is 5.75 Å². The number of pyridine rings is 1. The molecule has 0 aliphatic carbocycles. The third-order valence-corrected chi connectivity index (χ3v) is 4.04. The van der Waals surface area contributed by atoms with Gasteiger partial charge in [0, 0.05) is 24.1 Å². The zero-order valence-corrected chi connectivity index (χ0v) is 12.8. The number of aromatic nitrogens is 1. The summed E-state index contributed by atoms with van der Waals surface area (Å²) in [5.74, 6) is 1.71. The smallest absolute Gasteiger partial charge is 0.171 e. The average Bonchev–Trinajstić information content (AvgIpc) is 2.28. The van der Waals surface area contributed by atoms with Gasteiger partial charge in [0.05, 0.1) is 6.10 Å². The molecule has 0 aromatic carbocycles.